The summed E-state index contributed by atoms with van der Waals surface area (Å²) in [6.07, 6.45) is 2.21. The van der Waals surface area contributed by atoms with Crippen molar-refractivity contribution in [2.24, 2.45) is 10.9 Å². The van der Waals surface area contributed by atoms with Gasteiger partial charge in [-0.25, -0.2) is 8.42 Å². The fraction of sp³-hybridized carbons (Fsp3) is 0.417. The highest BCUT2D eigenvalue weighted by Gasteiger charge is 2.35. The number of piperidine rings is 1. The van der Waals surface area contributed by atoms with Crippen LogP contribution in [0.25, 0.3) is 0 Å². The second kappa shape index (κ2) is 5.58. The Bertz CT molecular complexity index is 557. The standard InChI is InChI=1S/C12H17N3O3S/c13-12(14-16)11-8-4-5-9-15(11)19(17,18)10-6-2-1-3-7-10/h1-3,6-7,11,16H,4-5,8-9H2,(H2,13,14). The van der Waals surface area contributed by atoms with Crippen molar-refractivity contribution in [1.29, 1.82) is 0 Å². The molecule has 1 atom stereocenters. The first-order chi connectivity index (χ1) is 9.07. The van der Waals surface area contributed by atoms with Gasteiger partial charge in [0, 0.05) is 6.54 Å². The number of oxime groups is 1. The Morgan fingerprint density at radius 1 is 1.32 bits per heavy atom. The van der Waals surface area contributed by atoms with Crippen molar-refractivity contribution in [3.8, 4) is 0 Å². The fourth-order valence-corrected chi connectivity index (χ4v) is 3.97. The Balaban J connectivity index is 2.37. The van der Waals surface area contributed by atoms with Crippen LogP contribution in [0.3, 0.4) is 0 Å². The SMILES string of the molecule is NC(=NO)C1CCCCN1S(=O)(=O)c1ccccc1. The van der Waals surface area contributed by atoms with Crippen molar-refractivity contribution >= 4 is 15.9 Å². The Morgan fingerprint density at radius 3 is 2.63 bits per heavy atom. The molecule has 104 valence electrons. The molecule has 1 saturated heterocycles. The van der Waals surface area contributed by atoms with E-state index in [4.69, 9.17) is 10.9 Å². The second-order valence-corrected chi connectivity index (χ2v) is 6.36. The molecule has 1 aliphatic heterocycles. The third-order valence-electron chi connectivity index (χ3n) is 3.26. The lowest BCUT2D eigenvalue weighted by molar-refractivity contribution is 0.281. The van der Waals surface area contributed by atoms with E-state index in [0.29, 0.717) is 13.0 Å². The summed E-state index contributed by atoms with van der Waals surface area (Å²) in [6, 6.07) is 7.64. The molecule has 1 aromatic carbocycles. The van der Waals surface area contributed by atoms with Crippen molar-refractivity contribution in [2.75, 3.05) is 6.54 Å². The zero-order valence-electron chi connectivity index (χ0n) is 10.4. The summed E-state index contributed by atoms with van der Waals surface area (Å²) < 4.78 is 26.4. The molecule has 6 nitrogen and oxygen atoms in total. The zero-order chi connectivity index (χ0) is 13.9. The molecule has 0 bridgehead atoms. The van der Waals surface area contributed by atoms with Gasteiger partial charge in [0.1, 0.15) is 0 Å². The van der Waals surface area contributed by atoms with Crippen LogP contribution in [0.5, 0.6) is 0 Å². The molecule has 0 saturated carbocycles. The summed E-state index contributed by atoms with van der Waals surface area (Å²) in [5.74, 6) is -0.0563. The number of sulfonamides is 1. The number of amidine groups is 1. The highest BCUT2D eigenvalue weighted by Crippen LogP contribution is 2.25. The molecule has 0 spiro atoms. The topological polar surface area (TPSA) is 96.0 Å². The van der Waals surface area contributed by atoms with Gasteiger partial charge in [-0.2, -0.15) is 4.31 Å². The normalized spacial score (nSPS) is 22.3. The van der Waals surface area contributed by atoms with Crippen molar-refractivity contribution in [3.63, 3.8) is 0 Å². The van der Waals surface area contributed by atoms with Gasteiger partial charge in [-0.05, 0) is 25.0 Å². The van der Waals surface area contributed by atoms with Crippen LogP contribution in [0, 0.1) is 0 Å². The van der Waals surface area contributed by atoms with E-state index in [9.17, 15) is 8.42 Å². The average Bonchev–Trinajstić information content (AvgIpc) is 2.47. The van der Waals surface area contributed by atoms with Crippen molar-refractivity contribution in [3.05, 3.63) is 30.3 Å². The lowest BCUT2D eigenvalue weighted by atomic mass is 10.0. The zero-order valence-corrected chi connectivity index (χ0v) is 11.3. The highest BCUT2D eigenvalue weighted by atomic mass is 32.2. The third kappa shape index (κ3) is 2.71. The highest BCUT2D eigenvalue weighted by molar-refractivity contribution is 7.89. The average molecular weight is 283 g/mol. The largest absolute Gasteiger partial charge is 0.409 e. The number of rotatable bonds is 3. The van der Waals surface area contributed by atoms with Gasteiger partial charge in [0.15, 0.2) is 5.84 Å². The van der Waals surface area contributed by atoms with E-state index in [-0.39, 0.29) is 10.7 Å². The fourth-order valence-electron chi connectivity index (χ4n) is 2.28. The quantitative estimate of drug-likeness (QED) is 0.374. The minimum absolute atomic E-state index is 0.0563. The molecule has 1 unspecified atom stereocenters. The monoisotopic (exact) mass is 283 g/mol. The first kappa shape index (κ1) is 13.8. The smallest absolute Gasteiger partial charge is 0.243 e. The Labute approximate surface area is 112 Å². The van der Waals surface area contributed by atoms with Gasteiger partial charge in [0.05, 0.1) is 10.9 Å². The lowest BCUT2D eigenvalue weighted by Crippen LogP contribution is -2.50. The number of hydrogen-bond acceptors (Lipinski definition) is 4. The summed E-state index contributed by atoms with van der Waals surface area (Å²) in [5.41, 5.74) is 5.61. The molecule has 0 aromatic heterocycles. The van der Waals surface area contributed by atoms with Crippen LogP contribution in [0.15, 0.2) is 40.4 Å². The number of nitrogens with two attached hydrogens (primary N) is 1. The minimum Gasteiger partial charge on any atom is -0.409 e. The number of nitrogens with zero attached hydrogens (tertiary/aromatic N) is 2. The summed E-state index contributed by atoms with van der Waals surface area (Å²) >= 11 is 0. The molecule has 1 aliphatic rings. The van der Waals surface area contributed by atoms with Crippen LogP contribution in [-0.2, 0) is 10.0 Å². The molecular formula is C12H17N3O3S. The Morgan fingerprint density at radius 2 is 2.00 bits per heavy atom. The molecular weight excluding hydrogens is 266 g/mol. The predicted molar refractivity (Wildman–Crippen MR) is 71.4 cm³/mol. The second-order valence-electron chi connectivity index (χ2n) is 4.47. The molecule has 7 heteroatoms. The molecule has 1 fully saturated rings. The van der Waals surface area contributed by atoms with Gasteiger partial charge in [0.25, 0.3) is 0 Å². The lowest BCUT2D eigenvalue weighted by Gasteiger charge is -2.33. The summed E-state index contributed by atoms with van der Waals surface area (Å²) in [6.45, 7) is 0.387. The van der Waals surface area contributed by atoms with Crippen molar-refractivity contribution in [2.45, 2.75) is 30.2 Å². The first-order valence-electron chi connectivity index (χ1n) is 6.11. The van der Waals surface area contributed by atoms with Crippen LogP contribution < -0.4 is 5.73 Å². The first-order valence-corrected chi connectivity index (χ1v) is 7.55. The molecule has 0 radical (unpaired) electrons. The predicted octanol–water partition coefficient (Wildman–Crippen LogP) is 0.976. The molecule has 0 aliphatic carbocycles. The van der Waals surface area contributed by atoms with E-state index in [1.54, 1.807) is 30.3 Å². The van der Waals surface area contributed by atoms with E-state index in [1.807, 2.05) is 0 Å². The Kier molecular flexibility index (Phi) is 4.06. The van der Waals surface area contributed by atoms with Crippen LogP contribution in [0.1, 0.15) is 19.3 Å². The maximum atomic E-state index is 12.6. The number of benzene rings is 1. The van der Waals surface area contributed by atoms with E-state index < -0.39 is 16.1 Å². The van der Waals surface area contributed by atoms with Gasteiger partial charge in [-0.1, -0.05) is 29.8 Å². The molecule has 0 amide bonds. The van der Waals surface area contributed by atoms with E-state index in [1.165, 1.54) is 4.31 Å². The van der Waals surface area contributed by atoms with E-state index in [2.05, 4.69) is 5.16 Å². The summed E-state index contributed by atoms with van der Waals surface area (Å²) in [4.78, 5) is 0.229. The van der Waals surface area contributed by atoms with Crippen LogP contribution in [0.2, 0.25) is 0 Å². The molecule has 2 rings (SSSR count). The third-order valence-corrected chi connectivity index (χ3v) is 5.18. The summed E-state index contributed by atoms with van der Waals surface area (Å²) in [5, 5.41) is 11.7. The number of hydrogen-bond donors (Lipinski definition) is 2. The van der Waals surface area contributed by atoms with Gasteiger partial charge in [-0.15, -0.1) is 0 Å². The van der Waals surface area contributed by atoms with E-state index >= 15 is 0 Å². The molecule has 1 aromatic rings. The van der Waals surface area contributed by atoms with Gasteiger partial charge in [0.2, 0.25) is 10.0 Å². The molecule has 1 heterocycles. The van der Waals surface area contributed by atoms with Crippen LogP contribution in [0.4, 0.5) is 0 Å². The van der Waals surface area contributed by atoms with Gasteiger partial charge < -0.3 is 10.9 Å². The van der Waals surface area contributed by atoms with Gasteiger partial charge in [-0.3, -0.25) is 0 Å². The van der Waals surface area contributed by atoms with Crippen molar-refractivity contribution < 1.29 is 13.6 Å². The Hall–Kier alpha value is -1.60. The van der Waals surface area contributed by atoms with Crippen molar-refractivity contribution in [1.82, 2.24) is 4.31 Å². The molecule has 3 N–H and O–H groups in total. The summed E-state index contributed by atoms with van der Waals surface area (Å²) in [7, 11) is -3.60. The molecule has 19 heavy (non-hydrogen) atoms. The maximum absolute atomic E-state index is 12.6. The van der Waals surface area contributed by atoms with E-state index in [0.717, 1.165) is 12.8 Å². The van der Waals surface area contributed by atoms with Crippen LogP contribution >= 0.6 is 0 Å². The van der Waals surface area contributed by atoms with Crippen LogP contribution in [-0.4, -0.2) is 36.4 Å². The minimum atomic E-state index is -3.60. The van der Waals surface area contributed by atoms with Gasteiger partial charge >= 0.3 is 0 Å². The maximum Gasteiger partial charge on any atom is 0.243 e.